The quantitative estimate of drug-likeness (QED) is 0.205. The van der Waals surface area contributed by atoms with E-state index in [2.05, 4.69) is 32.4 Å². The summed E-state index contributed by atoms with van der Waals surface area (Å²) in [5.74, 6) is -3.28. The minimum Gasteiger partial charge on any atom is -0.495 e. The largest absolute Gasteiger partial charge is 0.495 e. The number of anilines is 2. The van der Waals surface area contributed by atoms with E-state index in [9.17, 15) is 27.2 Å². The molecule has 15 heteroatoms. The van der Waals surface area contributed by atoms with Gasteiger partial charge in [-0.3, -0.25) is 9.59 Å². The number of aromatic nitrogens is 4. The maximum Gasteiger partial charge on any atom is 0.411 e. The van der Waals surface area contributed by atoms with Gasteiger partial charge in [0.05, 0.1) is 17.7 Å². The standard InChI is InChI=1S/C26H20ClF4N7O3/c1-12(28)23(39)35-13-6-7-14(17(27)10-13)19-18(20-22(32)33-11-34-38(20)37-19)15-4-3-5-16(21(15)41-2)24(40)36-25(8-9-25)26(29,30)31/h3-7,10-11H,1,8-9H2,2H3,(H,35,39)(H,36,40)(H2,32,33,34). The summed E-state index contributed by atoms with van der Waals surface area (Å²) in [6, 6.07) is 8.66. The number of hydrogen-bond acceptors (Lipinski definition) is 7. The first-order valence-electron chi connectivity index (χ1n) is 11.9. The Morgan fingerprint density at radius 2 is 1.93 bits per heavy atom. The molecule has 2 aromatic heterocycles. The Morgan fingerprint density at radius 3 is 2.54 bits per heavy atom. The van der Waals surface area contributed by atoms with Crippen LogP contribution in [0.15, 0.2) is 55.1 Å². The highest BCUT2D eigenvalue weighted by molar-refractivity contribution is 6.34. The van der Waals surface area contributed by atoms with E-state index in [1.54, 1.807) is 6.07 Å². The topological polar surface area (TPSA) is 137 Å². The molecule has 4 N–H and O–H groups in total. The number of nitrogens with one attached hydrogen (secondary N) is 2. The van der Waals surface area contributed by atoms with Crippen molar-refractivity contribution in [3.8, 4) is 28.1 Å². The Morgan fingerprint density at radius 1 is 1.20 bits per heavy atom. The highest BCUT2D eigenvalue weighted by atomic mass is 35.5. The molecule has 10 nitrogen and oxygen atoms in total. The average Bonchev–Trinajstić information content (AvgIpc) is 3.60. The molecular formula is C26H20ClF4N7O3. The molecule has 2 aromatic carbocycles. The third kappa shape index (κ3) is 4.90. The molecule has 1 aliphatic rings. The van der Waals surface area contributed by atoms with Gasteiger partial charge in [-0.05, 0) is 37.1 Å². The van der Waals surface area contributed by atoms with Gasteiger partial charge in [0.2, 0.25) is 0 Å². The zero-order valence-electron chi connectivity index (χ0n) is 21.1. The molecule has 5 rings (SSSR count). The molecule has 0 aliphatic heterocycles. The van der Waals surface area contributed by atoms with Crippen LogP contribution in [-0.4, -0.2) is 50.5 Å². The summed E-state index contributed by atoms with van der Waals surface area (Å²) in [7, 11) is 1.26. The summed E-state index contributed by atoms with van der Waals surface area (Å²) in [6.07, 6.45) is -3.91. The van der Waals surface area contributed by atoms with Gasteiger partial charge in [-0.25, -0.2) is 9.37 Å². The van der Waals surface area contributed by atoms with Gasteiger partial charge in [0.25, 0.3) is 11.8 Å². The molecule has 41 heavy (non-hydrogen) atoms. The maximum atomic E-state index is 13.5. The van der Waals surface area contributed by atoms with Crippen molar-refractivity contribution in [1.29, 1.82) is 0 Å². The fraction of sp³-hybridized carbons (Fsp3) is 0.192. The first kappa shape index (κ1) is 27.8. The van der Waals surface area contributed by atoms with Gasteiger partial charge < -0.3 is 21.1 Å². The fourth-order valence-corrected chi connectivity index (χ4v) is 4.64. The first-order valence-corrected chi connectivity index (χ1v) is 12.3. The molecule has 0 spiro atoms. The number of methoxy groups -OCH3 is 1. The van der Waals surface area contributed by atoms with Crippen LogP contribution >= 0.6 is 11.6 Å². The summed E-state index contributed by atoms with van der Waals surface area (Å²) >= 11 is 6.55. The minimum atomic E-state index is -4.62. The Kier molecular flexibility index (Phi) is 6.81. The monoisotopic (exact) mass is 589 g/mol. The Bertz CT molecular complexity index is 1730. The van der Waals surface area contributed by atoms with Gasteiger partial charge in [0.15, 0.2) is 11.6 Å². The summed E-state index contributed by atoms with van der Waals surface area (Å²) < 4.78 is 60.5. The molecule has 1 aliphatic carbocycles. The SMILES string of the molecule is C=C(F)C(=O)Nc1ccc(-c2nn3ncnc(N)c3c2-c2cccc(C(=O)NC3(C(F)(F)F)CC3)c2OC)c(Cl)c1. The summed E-state index contributed by atoms with van der Waals surface area (Å²) in [5.41, 5.74) is 5.12. The van der Waals surface area contributed by atoms with E-state index in [4.69, 9.17) is 22.1 Å². The smallest absolute Gasteiger partial charge is 0.411 e. The lowest BCUT2D eigenvalue weighted by atomic mass is 9.96. The van der Waals surface area contributed by atoms with Crippen LogP contribution in [0.4, 0.5) is 29.1 Å². The van der Waals surface area contributed by atoms with Crippen LogP contribution in [0.3, 0.4) is 0 Å². The number of fused-ring (bicyclic) bond motifs is 1. The number of carbonyl (C=O) groups excluding carboxylic acids is 2. The van der Waals surface area contributed by atoms with Gasteiger partial charge >= 0.3 is 6.18 Å². The van der Waals surface area contributed by atoms with Crippen LogP contribution in [0, 0.1) is 0 Å². The lowest BCUT2D eigenvalue weighted by Gasteiger charge is -2.22. The number of ether oxygens (including phenoxy) is 1. The van der Waals surface area contributed by atoms with Gasteiger partial charge in [-0.15, -0.1) is 14.8 Å². The summed E-state index contributed by atoms with van der Waals surface area (Å²) in [5, 5.41) is 13.1. The van der Waals surface area contributed by atoms with E-state index in [1.807, 2.05) is 0 Å². The van der Waals surface area contributed by atoms with Crippen LogP contribution in [0.5, 0.6) is 5.75 Å². The molecule has 1 saturated carbocycles. The second-order valence-electron chi connectivity index (χ2n) is 9.18. The van der Waals surface area contributed by atoms with Crippen molar-refractivity contribution in [2.45, 2.75) is 24.6 Å². The average molecular weight is 590 g/mol. The van der Waals surface area contributed by atoms with Crippen molar-refractivity contribution < 1.29 is 31.9 Å². The van der Waals surface area contributed by atoms with Crippen LogP contribution in [0.2, 0.25) is 5.02 Å². The van der Waals surface area contributed by atoms with Crippen molar-refractivity contribution in [1.82, 2.24) is 25.1 Å². The van der Waals surface area contributed by atoms with Gasteiger partial charge in [-0.2, -0.15) is 13.2 Å². The van der Waals surface area contributed by atoms with Gasteiger partial charge in [-0.1, -0.05) is 30.3 Å². The molecule has 0 saturated heterocycles. The number of hydrogen-bond donors (Lipinski definition) is 3. The number of nitrogens with two attached hydrogens (primary N) is 1. The lowest BCUT2D eigenvalue weighted by Crippen LogP contribution is -2.47. The molecule has 0 radical (unpaired) electrons. The van der Waals surface area contributed by atoms with Gasteiger partial charge in [0.1, 0.15) is 28.8 Å². The number of amides is 2. The molecule has 0 unspecified atom stereocenters. The molecule has 2 amide bonds. The molecule has 212 valence electrons. The third-order valence-electron chi connectivity index (χ3n) is 6.58. The lowest BCUT2D eigenvalue weighted by molar-refractivity contribution is -0.163. The fourth-order valence-electron chi connectivity index (χ4n) is 4.37. The van der Waals surface area contributed by atoms with Crippen molar-refractivity contribution in [3.63, 3.8) is 0 Å². The highest BCUT2D eigenvalue weighted by Crippen LogP contribution is 2.50. The van der Waals surface area contributed by atoms with E-state index in [1.165, 1.54) is 48.4 Å². The number of nitrogens with zero attached hydrogens (tertiary/aromatic N) is 4. The van der Waals surface area contributed by atoms with E-state index < -0.39 is 29.4 Å². The third-order valence-corrected chi connectivity index (χ3v) is 6.89. The molecule has 1 fully saturated rings. The summed E-state index contributed by atoms with van der Waals surface area (Å²) in [4.78, 5) is 28.8. The van der Waals surface area contributed by atoms with Crippen molar-refractivity contribution in [2.24, 2.45) is 0 Å². The van der Waals surface area contributed by atoms with Crippen LogP contribution in [-0.2, 0) is 4.79 Å². The Hall–Kier alpha value is -4.72. The molecule has 0 atom stereocenters. The van der Waals surface area contributed by atoms with Crippen LogP contribution in [0.25, 0.3) is 27.9 Å². The molecule has 2 heterocycles. The number of halogens is 5. The van der Waals surface area contributed by atoms with E-state index in [-0.39, 0.29) is 63.0 Å². The number of alkyl halides is 3. The number of nitrogen functional groups attached to an aromatic ring is 1. The maximum absolute atomic E-state index is 13.5. The summed E-state index contributed by atoms with van der Waals surface area (Å²) in [6.45, 7) is 2.94. The number of para-hydroxylation sites is 1. The Labute approximate surface area is 234 Å². The second-order valence-corrected chi connectivity index (χ2v) is 9.59. The van der Waals surface area contributed by atoms with E-state index >= 15 is 0 Å². The van der Waals surface area contributed by atoms with Crippen LogP contribution in [0.1, 0.15) is 23.2 Å². The van der Waals surface area contributed by atoms with Crippen molar-refractivity contribution in [2.75, 3.05) is 18.2 Å². The molecule has 4 aromatic rings. The number of rotatable bonds is 7. The van der Waals surface area contributed by atoms with Crippen molar-refractivity contribution in [3.05, 3.63) is 65.7 Å². The van der Waals surface area contributed by atoms with E-state index in [0.717, 1.165) is 0 Å². The highest BCUT2D eigenvalue weighted by Gasteiger charge is 2.64. The second kappa shape index (κ2) is 10.0. The van der Waals surface area contributed by atoms with Crippen LogP contribution < -0.4 is 21.1 Å². The molecular weight excluding hydrogens is 570 g/mol. The predicted molar refractivity (Wildman–Crippen MR) is 142 cm³/mol. The number of carbonyl (C=O) groups is 2. The minimum absolute atomic E-state index is 0.00104. The normalized spacial score (nSPS) is 14.0. The number of benzene rings is 2. The zero-order chi connectivity index (χ0) is 29.7. The predicted octanol–water partition coefficient (Wildman–Crippen LogP) is 4.95. The van der Waals surface area contributed by atoms with E-state index in [0.29, 0.717) is 5.56 Å². The Balaban J connectivity index is 1.67. The van der Waals surface area contributed by atoms with Crippen molar-refractivity contribution >= 4 is 40.4 Å². The van der Waals surface area contributed by atoms with Gasteiger partial charge in [0, 0.05) is 22.4 Å². The zero-order valence-corrected chi connectivity index (χ0v) is 21.9. The molecule has 0 bridgehead atoms. The first-order chi connectivity index (χ1) is 19.4.